The van der Waals surface area contributed by atoms with Crippen LogP contribution in [0.4, 0.5) is 0 Å². The summed E-state index contributed by atoms with van der Waals surface area (Å²) in [5.41, 5.74) is 5.87. The summed E-state index contributed by atoms with van der Waals surface area (Å²) >= 11 is 0. The largest absolute Gasteiger partial charge is 0.326 e. The van der Waals surface area contributed by atoms with Crippen LogP contribution in [-0.2, 0) is 9.73 Å². The number of hydrogen-bond donors (Lipinski definition) is 1. The lowest BCUT2D eigenvalue weighted by atomic mass is 9.80. The molecule has 0 aromatic carbocycles. The Morgan fingerprint density at radius 3 is 2.50 bits per heavy atom. The second kappa shape index (κ2) is 3.75. The van der Waals surface area contributed by atoms with Crippen molar-refractivity contribution in [1.29, 1.82) is 0 Å². The molecule has 3 nitrogen and oxygen atoms in total. The summed E-state index contributed by atoms with van der Waals surface area (Å²) in [5, 5.41) is 0. The molecular formula is C8H18N2OS. The van der Waals surface area contributed by atoms with E-state index in [9.17, 15) is 4.21 Å². The Morgan fingerprint density at radius 2 is 2.17 bits per heavy atom. The van der Waals surface area contributed by atoms with Gasteiger partial charge in [-0.3, -0.25) is 4.21 Å². The fourth-order valence-electron chi connectivity index (χ4n) is 1.28. The lowest BCUT2D eigenvalue weighted by Gasteiger charge is -2.30. The predicted octanol–water partition coefficient (Wildman–Crippen LogP) is 0.841. The fraction of sp³-hybridized carbons (Fsp3) is 1.00. The van der Waals surface area contributed by atoms with E-state index in [1.54, 1.807) is 12.5 Å². The maximum atomic E-state index is 11.2. The zero-order valence-electron chi connectivity index (χ0n) is 7.82. The van der Waals surface area contributed by atoms with Crippen molar-refractivity contribution in [3.63, 3.8) is 0 Å². The highest BCUT2D eigenvalue weighted by Gasteiger charge is 2.23. The third kappa shape index (κ3) is 3.11. The van der Waals surface area contributed by atoms with Gasteiger partial charge in [0, 0.05) is 28.3 Å². The van der Waals surface area contributed by atoms with Gasteiger partial charge in [0.05, 0.1) is 6.54 Å². The van der Waals surface area contributed by atoms with Crippen LogP contribution in [-0.4, -0.2) is 29.3 Å². The first-order chi connectivity index (χ1) is 5.49. The monoisotopic (exact) mass is 190 g/mol. The normalized spacial score (nSPS) is 21.6. The molecule has 0 spiro atoms. The molecular weight excluding hydrogens is 172 g/mol. The van der Waals surface area contributed by atoms with Crippen LogP contribution in [0.1, 0.15) is 19.3 Å². The van der Waals surface area contributed by atoms with E-state index in [0.29, 0.717) is 12.5 Å². The summed E-state index contributed by atoms with van der Waals surface area (Å²) in [6.07, 6.45) is 7.06. The molecule has 1 fully saturated rings. The summed E-state index contributed by atoms with van der Waals surface area (Å²) < 4.78 is 15.3. The van der Waals surface area contributed by atoms with Gasteiger partial charge in [0.15, 0.2) is 0 Å². The van der Waals surface area contributed by atoms with Crippen molar-refractivity contribution in [3.05, 3.63) is 0 Å². The van der Waals surface area contributed by atoms with Crippen LogP contribution in [0.2, 0.25) is 0 Å². The average molecular weight is 190 g/mol. The van der Waals surface area contributed by atoms with Crippen molar-refractivity contribution in [2.24, 2.45) is 16.0 Å². The molecule has 1 unspecified atom stereocenters. The fourth-order valence-corrected chi connectivity index (χ4v) is 1.81. The molecule has 0 heterocycles. The molecule has 0 saturated heterocycles. The minimum atomic E-state index is -1.94. The summed E-state index contributed by atoms with van der Waals surface area (Å²) in [6.45, 7) is 0.566. The molecule has 72 valence electrons. The van der Waals surface area contributed by atoms with Crippen molar-refractivity contribution < 1.29 is 4.21 Å². The maximum Gasteiger partial charge on any atom is 0.0638 e. The lowest BCUT2D eigenvalue weighted by molar-refractivity contribution is 0.266. The van der Waals surface area contributed by atoms with Crippen LogP contribution in [0.15, 0.2) is 4.36 Å². The van der Waals surface area contributed by atoms with Crippen LogP contribution in [0.25, 0.3) is 0 Å². The highest BCUT2D eigenvalue weighted by Crippen LogP contribution is 2.28. The highest BCUT2D eigenvalue weighted by atomic mass is 32.2. The van der Waals surface area contributed by atoms with Crippen molar-refractivity contribution in [2.45, 2.75) is 25.3 Å². The van der Waals surface area contributed by atoms with Gasteiger partial charge in [0.25, 0.3) is 0 Å². The van der Waals surface area contributed by atoms with Gasteiger partial charge in [0.1, 0.15) is 0 Å². The first kappa shape index (κ1) is 9.99. The second-order valence-corrected chi connectivity index (χ2v) is 6.47. The molecule has 0 aromatic rings. The van der Waals surface area contributed by atoms with E-state index in [2.05, 4.69) is 4.36 Å². The Morgan fingerprint density at radius 1 is 1.58 bits per heavy atom. The van der Waals surface area contributed by atoms with E-state index >= 15 is 0 Å². The zero-order chi connectivity index (χ0) is 9.19. The smallest absolute Gasteiger partial charge is 0.0638 e. The predicted molar refractivity (Wildman–Crippen MR) is 52.6 cm³/mol. The van der Waals surface area contributed by atoms with Gasteiger partial charge >= 0.3 is 0 Å². The second-order valence-electron chi connectivity index (χ2n) is 3.85. The van der Waals surface area contributed by atoms with Crippen LogP contribution in [0.5, 0.6) is 0 Å². The Kier molecular flexibility index (Phi) is 3.12. The first-order valence-corrected chi connectivity index (χ1v) is 6.70. The topological polar surface area (TPSA) is 55.5 Å². The molecule has 0 aromatic heterocycles. The minimum Gasteiger partial charge on any atom is -0.326 e. The standard InChI is InChI=1S/C8H18N2OS/c1-12(2,11)10-6-8(9)7-4-3-5-7/h7-8H,3-6,9H2,1-2H3. The van der Waals surface area contributed by atoms with Crippen molar-refractivity contribution >= 4 is 9.73 Å². The Hall–Kier alpha value is -0.0900. The van der Waals surface area contributed by atoms with E-state index in [1.807, 2.05) is 0 Å². The molecule has 2 N–H and O–H groups in total. The van der Waals surface area contributed by atoms with Crippen LogP contribution < -0.4 is 5.73 Å². The molecule has 1 atom stereocenters. The SMILES string of the molecule is CS(C)(=O)=NCC(N)C1CCC1. The number of rotatable bonds is 3. The molecule has 0 bridgehead atoms. The zero-order valence-corrected chi connectivity index (χ0v) is 8.64. The molecule has 1 aliphatic rings. The first-order valence-electron chi connectivity index (χ1n) is 4.37. The number of nitrogens with zero attached hydrogens (tertiary/aromatic N) is 1. The molecule has 1 aliphatic carbocycles. The molecule has 1 rings (SSSR count). The van der Waals surface area contributed by atoms with Crippen LogP contribution in [0.3, 0.4) is 0 Å². The molecule has 0 radical (unpaired) electrons. The third-order valence-corrected chi connectivity index (χ3v) is 3.12. The minimum absolute atomic E-state index is 0.138. The summed E-state index contributed by atoms with van der Waals surface area (Å²) in [5.74, 6) is 0.635. The highest BCUT2D eigenvalue weighted by molar-refractivity contribution is 7.92. The Balaban J connectivity index is 2.36. The van der Waals surface area contributed by atoms with Crippen LogP contribution >= 0.6 is 0 Å². The Bertz CT molecular complexity index is 244. The van der Waals surface area contributed by atoms with Crippen LogP contribution in [0, 0.1) is 5.92 Å². The van der Waals surface area contributed by atoms with Crippen molar-refractivity contribution in [1.82, 2.24) is 0 Å². The van der Waals surface area contributed by atoms with Gasteiger partial charge in [-0.05, 0) is 18.8 Å². The van der Waals surface area contributed by atoms with Crippen molar-refractivity contribution in [3.8, 4) is 0 Å². The number of hydrogen-bond acceptors (Lipinski definition) is 3. The maximum absolute atomic E-state index is 11.2. The van der Waals surface area contributed by atoms with Gasteiger partial charge in [-0.1, -0.05) is 6.42 Å². The van der Waals surface area contributed by atoms with Crippen molar-refractivity contribution in [2.75, 3.05) is 19.1 Å². The van der Waals surface area contributed by atoms with E-state index < -0.39 is 9.73 Å². The Labute approximate surface area is 74.9 Å². The van der Waals surface area contributed by atoms with Gasteiger partial charge in [-0.15, -0.1) is 0 Å². The summed E-state index contributed by atoms with van der Waals surface area (Å²) in [6, 6.07) is 0.138. The van der Waals surface area contributed by atoms with Gasteiger partial charge in [-0.2, -0.15) is 0 Å². The van der Waals surface area contributed by atoms with E-state index in [1.165, 1.54) is 19.3 Å². The molecule has 0 aliphatic heterocycles. The molecule has 1 saturated carbocycles. The number of nitrogens with two attached hydrogens (primary N) is 1. The molecule has 12 heavy (non-hydrogen) atoms. The van der Waals surface area contributed by atoms with Gasteiger partial charge < -0.3 is 5.73 Å². The molecule has 0 amide bonds. The quantitative estimate of drug-likeness (QED) is 0.717. The van der Waals surface area contributed by atoms with E-state index in [-0.39, 0.29) is 6.04 Å². The summed E-state index contributed by atoms with van der Waals surface area (Å²) in [4.78, 5) is 0. The third-order valence-electron chi connectivity index (χ3n) is 2.35. The molecule has 4 heteroatoms. The van der Waals surface area contributed by atoms with Gasteiger partial charge in [-0.25, -0.2) is 4.36 Å². The lowest BCUT2D eigenvalue weighted by Crippen LogP contribution is -2.37. The van der Waals surface area contributed by atoms with E-state index in [4.69, 9.17) is 5.73 Å². The van der Waals surface area contributed by atoms with Gasteiger partial charge in [0.2, 0.25) is 0 Å². The average Bonchev–Trinajstić information content (AvgIpc) is 1.78. The summed E-state index contributed by atoms with van der Waals surface area (Å²) in [7, 11) is -1.94. The van der Waals surface area contributed by atoms with E-state index in [0.717, 1.165) is 0 Å².